The van der Waals surface area contributed by atoms with Crippen molar-refractivity contribution in [2.24, 2.45) is 0 Å². The molecule has 0 amide bonds. The van der Waals surface area contributed by atoms with Crippen LogP contribution in [0.25, 0.3) is 0 Å². The van der Waals surface area contributed by atoms with Gasteiger partial charge in [-0.3, -0.25) is 19.2 Å². The van der Waals surface area contributed by atoms with E-state index < -0.39 is 42.4 Å². The third kappa shape index (κ3) is 18.7. The van der Waals surface area contributed by atoms with Crippen LogP contribution in [0.1, 0.15) is 27.7 Å². The maximum Gasteiger partial charge on any atom is 0.457 e. The maximum absolute atomic E-state index is 10.5. The normalized spacial score (nSPS) is 9.50. The minimum Gasteiger partial charge on any atom is -0.490 e. The molecule has 0 aliphatic rings. The van der Waals surface area contributed by atoms with Crippen molar-refractivity contribution in [2.45, 2.75) is 40.8 Å². The van der Waals surface area contributed by atoms with Crippen LogP contribution in [0, 0.1) is 0 Å². The molecule has 0 heterocycles. The molecule has 0 rings (SSSR count). The van der Waals surface area contributed by atoms with Crippen LogP contribution < -0.4 is 0 Å². The molecule has 0 aromatic rings. The predicted molar refractivity (Wildman–Crippen MR) is 73.1 cm³/mol. The summed E-state index contributed by atoms with van der Waals surface area (Å²) in [6.45, 7) is 8.40. The van der Waals surface area contributed by atoms with Crippen molar-refractivity contribution in [1.82, 2.24) is 0 Å². The van der Waals surface area contributed by atoms with Crippen LogP contribution in [0.5, 0.6) is 0 Å². The Bertz CT molecular complexity index is 334. The van der Waals surface area contributed by atoms with Crippen LogP contribution in [0.2, 0.25) is 13.1 Å². The SMILES string of the molecule is CC(=O)O[SiH2]OC(C)=O.CC(=O)O[Si](C)(C)OC(C)=O. The van der Waals surface area contributed by atoms with Gasteiger partial charge in [0.15, 0.2) is 0 Å². The molecule has 0 aliphatic carbocycles. The summed E-state index contributed by atoms with van der Waals surface area (Å²) in [6.07, 6.45) is 0. The van der Waals surface area contributed by atoms with Crippen LogP contribution in [0.3, 0.4) is 0 Å². The topological polar surface area (TPSA) is 105 Å². The fourth-order valence-corrected chi connectivity index (χ4v) is 2.73. The molecule has 0 radical (unpaired) electrons. The maximum atomic E-state index is 10.5. The lowest BCUT2D eigenvalue weighted by Gasteiger charge is -2.19. The summed E-state index contributed by atoms with van der Waals surface area (Å²) in [7, 11) is -3.91. The minimum atomic E-state index is -2.53. The number of rotatable bonds is 4. The molecule has 0 aromatic carbocycles. The Hall–Kier alpha value is -1.69. The Morgan fingerprint density at radius 3 is 1.20 bits per heavy atom. The monoisotopic (exact) mass is 324 g/mol. The van der Waals surface area contributed by atoms with Crippen LogP contribution in [0.4, 0.5) is 0 Å². The van der Waals surface area contributed by atoms with Gasteiger partial charge in [-0.25, -0.2) is 0 Å². The Morgan fingerprint density at radius 2 is 1.00 bits per heavy atom. The van der Waals surface area contributed by atoms with Gasteiger partial charge >= 0.3 is 18.6 Å². The predicted octanol–water partition coefficient (Wildman–Crippen LogP) is -0.0742. The van der Waals surface area contributed by atoms with Gasteiger partial charge < -0.3 is 17.7 Å². The minimum absolute atomic E-state index is 0.400. The Kier molecular flexibility index (Phi) is 10.5. The molecule has 0 saturated heterocycles. The highest BCUT2D eigenvalue weighted by molar-refractivity contribution is 6.67. The molecular weight excluding hydrogens is 304 g/mol. The highest BCUT2D eigenvalue weighted by atomic mass is 28.4. The van der Waals surface area contributed by atoms with E-state index in [0.29, 0.717) is 0 Å². The molecule has 0 aliphatic heterocycles. The Morgan fingerprint density at radius 1 is 0.700 bits per heavy atom. The van der Waals surface area contributed by atoms with E-state index in [1.54, 1.807) is 13.1 Å². The van der Waals surface area contributed by atoms with Crippen molar-refractivity contribution in [3.8, 4) is 0 Å². The zero-order chi connectivity index (χ0) is 16.3. The highest BCUT2D eigenvalue weighted by Gasteiger charge is 2.30. The number of hydrogen-bond donors (Lipinski definition) is 0. The molecule has 20 heavy (non-hydrogen) atoms. The largest absolute Gasteiger partial charge is 0.490 e. The molecule has 0 bridgehead atoms. The number of hydrogen-bond acceptors (Lipinski definition) is 8. The van der Waals surface area contributed by atoms with Gasteiger partial charge in [-0.15, -0.1) is 0 Å². The van der Waals surface area contributed by atoms with Crippen molar-refractivity contribution < 1.29 is 36.9 Å². The first-order chi connectivity index (χ1) is 8.96. The first-order valence-electron chi connectivity index (χ1n) is 5.62. The van der Waals surface area contributed by atoms with E-state index in [4.69, 9.17) is 8.85 Å². The first-order valence-corrected chi connectivity index (χ1v) is 9.59. The van der Waals surface area contributed by atoms with Crippen molar-refractivity contribution >= 4 is 42.4 Å². The van der Waals surface area contributed by atoms with E-state index in [-0.39, 0.29) is 0 Å². The van der Waals surface area contributed by atoms with Gasteiger partial charge in [-0.2, -0.15) is 0 Å². The molecular formula is C10H20O8Si2. The fraction of sp³-hybridized carbons (Fsp3) is 0.600. The summed E-state index contributed by atoms with van der Waals surface area (Å²) in [4.78, 5) is 41.0. The summed E-state index contributed by atoms with van der Waals surface area (Å²) >= 11 is 0. The molecule has 0 unspecified atom stereocenters. The average Bonchev–Trinajstić information content (AvgIpc) is 2.11. The van der Waals surface area contributed by atoms with Gasteiger partial charge in [0.25, 0.3) is 23.9 Å². The zero-order valence-corrected chi connectivity index (χ0v) is 14.9. The second kappa shape index (κ2) is 10.1. The second-order valence-electron chi connectivity index (χ2n) is 3.98. The van der Waals surface area contributed by atoms with Gasteiger partial charge in [0.1, 0.15) is 0 Å². The summed E-state index contributed by atoms with van der Waals surface area (Å²) < 4.78 is 18.4. The molecule has 0 fully saturated rings. The van der Waals surface area contributed by atoms with Crippen molar-refractivity contribution in [3.63, 3.8) is 0 Å². The molecule has 0 N–H and O–H groups in total. The van der Waals surface area contributed by atoms with Gasteiger partial charge in [0.2, 0.25) is 0 Å². The van der Waals surface area contributed by atoms with Crippen LogP contribution in [0.15, 0.2) is 0 Å². The lowest BCUT2D eigenvalue weighted by molar-refractivity contribution is -0.139. The van der Waals surface area contributed by atoms with Gasteiger partial charge in [-0.1, -0.05) is 0 Å². The molecule has 0 saturated carbocycles. The Labute approximate surface area is 121 Å². The van der Waals surface area contributed by atoms with Crippen LogP contribution >= 0.6 is 0 Å². The number of carbonyl (C=O) groups is 4. The molecule has 0 spiro atoms. The Balaban J connectivity index is 0. The quantitative estimate of drug-likeness (QED) is 0.662. The molecule has 8 nitrogen and oxygen atoms in total. The van der Waals surface area contributed by atoms with Crippen molar-refractivity contribution in [1.29, 1.82) is 0 Å². The summed E-state index contributed by atoms with van der Waals surface area (Å²) in [5.74, 6) is -1.63. The molecule has 0 aromatic heterocycles. The summed E-state index contributed by atoms with van der Waals surface area (Å²) in [6, 6.07) is 0. The number of carbonyl (C=O) groups excluding carboxylic acids is 4. The van der Waals surface area contributed by atoms with Crippen LogP contribution in [-0.4, -0.2) is 42.4 Å². The van der Waals surface area contributed by atoms with Gasteiger partial charge in [-0.05, 0) is 0 Å². The van der Waals surface area contributed by atoms with Crippen molar-refractivity contribution in [2.75, 3.05) is 0 Å². The van der Waals surface area contributed by atoms with Crippen LogP contribution in [-0.2, 0) is 36.9 Å². The third-order valence-corrected chi connectivity index (χ3v) is 3.91. The lowest BCUT2D eigenvalue weighted by Crippen LogP contribution is -2.38. The van der Waals surface area contributed by atoms with E-state index in [9.17, 15) is 19.2 Å². The summed E-state index contributed by atoms with van der Waals surface area (Å²) in [5, 5.41) is 0. The standard InChI is InChI=1S/C6H12O4Si.C4H8O4Si/c1-5(7)9-11(3,4)10-6(2)8;1-3(5)7-9-8-4(2)6/h1-4H3;9H2,1-2H3. The van der Waals surface area contributed by atoms with Gasteiger partial charge in [0, 0.05) is 40.8 Å². The van der Waals surface area contributed by atoms with E-state index in [2.05, 4.69) is 8.85 Å². The summed E-state index contributed by atoms with van der Waals surface area (Å²) in [5.41, 5.74) is 0. The van der Waals surface area contributed by atoms with E-state index in [0.717, 1.165) is 0 Å². The molecule has 0 atom stereocenters. The third-order valence-electron chi connectivity index (χ3n) is 1.30. The first kappa shape index (κ1) is 20.6. The second-order valence-corrected chi connectivity index (χ2v) is 8.00. The smallest absolute Gasteiger partial charge is 0.457 e. The molecule has 10 heteroatoms. The van der Waals surface area contributed by atoms with E-state index in [1.807, 2.05) is 0 Å². The fourth-order valence-electron chi connectivity index (χ4n) is 0.909. The lowest BCUT2D eigenvalue weighted by atomic mass is 10.9. The van der Waals surface area contributed by atoms with Crippen molar-refractivity contribution in [3.05, 3.63) is 0 Å². The highest BCUT2D eigenvalue weighted by Crippen LogP contribution is 2.06. The van der Waals surface area contributed by atoms with Gasteiger partial charge in [0.05, 0.1) is 0 Å². The van der Waals surface area contributed by atoms with E-state index >= 15 is 0 Å². The molecule has 116 valence electrons. The average molecular weight is 324 g/mol. The zero-order valence-electron chi connectivity index (χ0n) is 12.5. The van der Waals surface area contributed by atoms with E-state index in [1.165, 1.54) is 27.7 Å².